The van der Waals surface area contributed by atoms with Gasteiger partial charge in [-0.3, -0.25) is 4.90 Å². The van der Waals surface area contributed by atoms with Gasteiger partial charge < -0.3 is 4.74 Å². The fraction of sp³-hybridized carbons (Fsp3) is 0.316. The van der Waals surface area contributed by atoms with Crippen LogP contribution in [0.2, 0.25) is 0 Å². The molecule has 1 aliphatic heterocycles. The third-order valence-corrected chi connectivity index (χ3v) is 6.40. The number of nitriles is 1. The molecule has 1 fully saturated rings. The van der Waals surface area contributed by atoms with Crippen LogP contribution in [0.5, 0.6) is 5.75 Å². The third-order valence-electron chi connectivity index (χ3n) is 4.49. The SMILES string of the molecule is N#Cc1cccc(CN2CCN(S(=O)(=O)c3ccc(OC(F)(F)F)cc3)CC2)c1. The Kier molecular flexibility index (Phi) is 6.12. The second kappa shape index (κ2) is 8.41. The summed E-state index contributed by atoms with van der Waals surface area (Å²) >= 11 is 0. The maximum Gasteiger partial charge on any atom is 0.573 e. The van der Waals surface area contributed by atoms with Gasteiger partial charge in [-0.15, -0.1) is 13.2 Å². The van der Waals surface area contributed by atoms with Crippen molar-refractivity contribution in [1.29, 1.82) is 5.26 Å². The summed E-state index contributed by atoms with van der Waals surface area (Å²) in [7, 11) is -3.80. The summed E-state index contributed by atoms with van der Waals surface area (Å²) in [5.74, 6) is -0.471. The molecule has 0 saturated carbocycles. The minimum Gasteiger partial charge on any atom is -0.406 e. The van der Waals surface area contributed by atoms with Crippen molar-refractivity contribution in [3.8, 4) is 11.8 Å². The summed E-state index contributed by atoms with van der Waals surface area (Å²) in [5.41, 5.74) is 1.54. The van der Waals surface area contributed by atoms with E-state index in [0.29, 0.717) is 25.2 Å². The number of rotatable bonds is 5. The van der Waals surface area contributed by atoms with Crippen molar-refractivity contribution in [3.05, 3.63) is 59.7 Å². The van der Waals surface area contributed by atoms with Crippen molar-refractivity contribution in [1.82, 2.24) is 9.21 Å². The lowest BCUT2D eigenvalue weighted by atomic mass is 10.1. The Balaban J connectivity index is 1.61. The number of ether oxygens (including phenoxy) is 1. The van der Waals surface area contributed by atoms with Crippen molar-refractivity contribution >= 4 is 10.0 Å². The smallest absolute Gasteiger partial charge is 0.406 e. The summed E-state index contributed by atoms with van der Waals surface area (Å²) in [6.07, 6.45) is -4.83. The first-order valence-electron chi connectivity index (χ1n) is 8.75. The molecule has 2 aromatic rings. The molecule has 0 radical (unpaired) electrons. The van der Waals surface area contributed by atoms with Gasteiger partial charge in [0.25, 0.3) is 0 Å². The highest BCUT2D eigenvalue weighted by Gasteiger charge is 2.32. The average molecular weight is 425 g/mol. The van der Waals surface area contributed by atoms with E-state index in [0.717, 1.165) is 29.8 Å². The topological polar surface area (TPSA) is 73.6 Å². The van der Waals surface area contributed by atoms with Gasteiger partial charge in [-0.1, -0.05) is 12.1 Å². The molecule has 154 valence electrons. The molecule has 0 atom stereocenters. The lowest BCUT2D eigenvalue weighted by molar-refractivity contribution is -0.274. The number of alkyl halides is 3. The van der Waals surface area contributed by atoms with Crippen molar-refractivity contribution in [3.63, 3.8) is 0 Å². The minimum atomic E-state index is -4.83. The first kappa shape index (κ1) is 21.1. The molecule has 0 amide bonds. The predicted molar refractivity (Wildman–Crippen MR) is 98.3 cm³/mol. The molecule has 29 heavy (non-hydrogen) atoms. The molecular weight excluding hydrogens is 407 g/mol. The Labute approximate surface area is 166 Å². The van der Waals surface area contributed by atoms with Crippen LogP contribution in [-0.4, -0.2) is 50.2 Å². The molecule has 0 unspecified atom stereocenters. The highest BCUT2D eigenvalue weighted by atomic mass is 32.2. The van der Waals surface area contributed by atoms with Crippen molar-refractivity contribution in [2.75, 3.05) is 26.2 Å². The summed E-state index contributed by atoms with van der Waals surface area (Å²) in [6.45, 7) is 2.14. The summed E-state index contributed by atoms with van der Waals surface area (Å²) in [4.78, 5) is 2.00. The quantitative estimate of drug-likeness (QED) is 0.737. The maximum atomic E-state index is 12.7. The summed E-state index contributed by atoms with van der Waals surface area (Å²) in [5, 5.41) is 8.97. The zero-order valence-electron chi connectivity index (χ0n) is 15.3. The summed E-state index contributed by atoms with van der Waals surface area (Å²) in [6, 6.07) is 13.5. The Hall–Kier alpha value is -2.61. The fourth-order valence-corrected chi connectivity index (χ4v) is 4.51. The van der Waals surface area contributed by atoms with E-state index in [1.54, 1.807) is 18.2 Å². The van der Waals surface area contributed by atoms with Gasteiger partial charge in [0.2, 0.25) is 10.0 Å². The second-order valence-corrected chi connectivity index (χ2v) is 8.45. The molecule has 10 heteroatoms. The molecule has 2 aromatic carbocycles. The number of hydrogen-bond donors (Lipinski definition) is 0. The minimum absolute atomic E-state index is 0.0813. The van der Waals surface area contributed by atoms with Gasteiger partial charge in [-0.05, 0) is 42.0 Å². The molecule has 1 heterocycles. The lowest BCUT2D eigenvalue weighted by Gasteiger charge is -2.34. The van der Waals surface area contributed by atoms with E-state index in [1.165, 1.54) is 4.31 Å². The Morgan fingerprint density at radius 3 is 2.28 bits per heavy atom. The van der Waals surface area contributed by atoms with E-state index in [1.807, 2.05) is 6.07 Å². The zero-order chi connectivity index (χ0) is 21.1. The molecule has 0 aliphatic carbocycles. The Bertz CT molecular complexity index is 994. The monoisotopic (exact) mass is 425 g/mol. The predicted octanol–water partition coefficient (Wildman–Crippen LogP) is 2.96. The number of halogens is 3. The van der Waals surface area contributed by atoms with Crippen LogP contribution >= 0.6 is 0 Å². The molecule has 0 bridgehead atoms. The molecule has 0 spiro atoms. The van der Waals surface area contributed by atoms with Gasteiger partial charge in [-0.2, -0.15) is 9.57 Å². The van der Waals surface area contributed by atoms with Crippen LogP contribution in [0.15, 0.2) is 53.4 Å². The molecular formula is C19H18F3N3O3S. The fourth-order valence-electron chi connectivity index (χ4n) is 3.09. The van der Waals surface area contributed by atoms with E-state index in [9.17, 15) is 21.6 Å². The van der Waals surface area contributed by atoms with Crippen LogP contribution in [0.3, 0.4) is 0 Å². The van der Waals surface area contributed by atoms with Crippen molar-refractivity contribution < 1.29 is 26.3 Å². The third kappa shape index (κ3) is 5.47. The number of sulfonamides is 1. The number of hydrogen-bond acceptors (Lipinski definition) is 5. The number of nitrogens with zero attached hydrogens (tertiary/aromatic N) is 3. The Morgan fingerprint density at radius 1 is 1.03 bits per heavy atom. The molecule has 0 N–H and O–H groups in total. The highest BCUT2D eigenvalue weighted by molar-refractivity contribution is 7.89. The van der Waals surface area contributed by atoms with E-state index in [4.69, 9.17) is 5.26 Å². The largest absolute Gasteiger partial charge is 0.573 e. The lowest BCUT2D eigenvalue weighted by Crippen LogP contribution is -2.48. The van der Waals surface area contributed by atoms with E-state index < -0.39 is 22.1 Å². The highest BCUT2D eigenvalue weighted by Crippen LogP contribution is 2.25. The number of piperazine rings is 1. The number of benzene rings is 2. The second-order valence-electron chi connectivity index (χ2n) is 6.51. The molecule has 1 aliphatic rings. The van der Waals surface area contributed by atoms with E-state index >= 15 is 0 Å². The van der Waals surface area contributed by atoms with E-state index in [-0.39, 0.29) is 18.0 Å². The van der Waals surface area contributed by atoms with Crippen LogP contribution in [0.1, 0.15) is 11.1 Å². The first-order chi connectivity index (χ1) is 13.7. The van der Waals surface area contributed by atoms with Crippen LogP contribution in [-0.2, 0) is 16.6 Å². The molecule has 1 saturated heterocycles. The Morgan fingerprint density at radius 2 is 1.69 bits per heavy atom. The molecule has 3 rings (SSSR count). The zero-order valence-corrected chi connectivity index (χ0v) is 16.1. The average Bonchev–Trinajstić information content (AvgIpc) is 2.68. The maximum absolute atomic E-state index is 12.7. The molecule has 6 nitrogen and oxygen atoms in total. The van der Waals surface area contributed by atoms with Crippen LogP contribution in [0.25, 0.3) is 0 Å². The van der Waals surface area contributed by atoms with Gasteiger partial charge >= 0.3 is 6.36 Å². The van der Waals surface area contributed by atoms with Gasteiger partial charge in [0.1, 0.15) is 5.75 Å². The van der Waals surface area contributed by atoms with Crippen LogP contribution in [0.4, 0.5) is 13.2 Å². The first-order valence-corrected chi connectivity index (χ1v) is 10.2. The van der Waals surface area contributed by atoms with E-state index in [2.05, 4.69) is 15.7 Å². The van der Waals surface area contributed by atoms with Crippen molar-refractivity contribution in [2.45, 2.75) is 17.8 Å². The normalized spacial score (nSPS) is 16.3. The van der Waals surface area contributed by atoms with Gasteiger partial charge in [0.15, 0.2) is 0 Å². The summed E-state index contributed by atoms with van der Waals surface area (Å²) < 4.78 is 67.3. The van der Waals surface area contributed by atoms with Crippen molar-refractivity contribution in [2.24, 2.45) is 0 Å². The van der Waals surface area contributed by atoms with Gasteiger partial charge in [0.05, 0.1) is 16.5 Å². The van der Waals surface area contributed by atoms with Crippen LogP contribution < -0.4 is 4.74 Å². The molecule has 0 aromatic heterocycles. The standard InChI is InChI=1S/C19H18F3N3O3S/c20-19(21,22)28-17-4-6-18(7-5-17)29(26,27)25-10-8-24(9-11-25)14-16-3-1-2-15(12-16)13-23/h1-7,12H,8-11,14H2. The van der Waals surface area contributed by atoms with Gasteiger partial charge in [0, 0.05) is 32.7 Å². The van der Waals surface area contributed by atoms with Crippen LogP contribution in [0, 0.1) is 11.3 Å². The van der Waals surface area contributed by atoms with Gasteiger partial charge in [-0.25, -0.2) is 8.42 Å².